The fourth-order valence-electron chi connectivity index (χ4n) is 1.67. The van der Waals surface area contributed by atoms with Gasteiger partial charge in [0.25, 0.3) is 0 Å². The van der Waals surface area contributed by atoms with E-state index in [1.807, 2.05) is 32.0 Å². The highest BCUT2D eigenvalue weighted by atomic mass is 35.5. The molecule has 0 radical (unpaired) electrons. The van der Waals surface area contributed by atoms with Crippen LogP contribution in [0.4, 0.5) is 0 Å². The van der Waals surface area contributed by atoms with Crippen molar-refractivity contribution in [3.8, 4) is 11.6 Å². The van der Waals surface area contributed by atoms with E-state index in [1.165, 1.54) is 5.56 Å². The van der Waals surface area contributed by atoms with Crippen LogP contribution in [0.5, 0.6) is 11.6 Å². The summed E-state index contributed by atoms with van der Waals surface area (Å²) in [4.78, 5) is 8.55. The van der Waals surface area contributed by atoms with Gasteiger partial charge in [0.05, 0.1) is 0 Å². The van der Waals surface area contributed by atoms with Crippen molar-refractivity contribution in [1.29, 1.82) is 0 Å². The number of ether oxygens (including phenoxy) is 1. The molecule has 0 unspecified atom stereocenters. The lowest BCUT2D eigenvalue weighted by Gasteiger charge is -2.09. The van der Waals surface area contributed by atoms with Gasteiger partial charge in [-0.3, -0.25) is 0 Å². The quantitative estimate of drug-likeness (QED) is 0.765. The second-order valence-electron chi connectivity index (χ2n) is 4.64. The Morgan fingerprint density at radius 3 is 2.68 bits per heavy atom. The monoisotopic (exact) mass is 276 g/mol. The number of nitrogens with zero attached hydrogens (tertiary/aromatic N) is 2. The molecule has 4 heteroatoms. The zero-order chi connectivity index (χ0) is 13.8. The van der Waals surface area contributed by atoms with Crippen LogP contribution in [-0.4, -0.2) is 9.97 Å². The second-order valence-corrected chi connectivity index (χ2v) is 5.03. The van der Waals surface area contributed by atoms with E-state index in [2.05, 4.69) is 23.0 Å². The summed E-state index contributed by atoms with van der Waals surface area (Å²) in [5.41, 5.74) is 1.22. The fourth-order valence-corrected chi connectivity index (χ4v) is 1.85. The van der Waals surface area contributed by atoms with Gasteiger partial charge in [-0.2, -0.15) is 4.98 Å². The number of aryl methyl sites for hydroxylation is 1. The molecular formula is C15H17ClN2O. The number of halogens is 1. The van der Waals surface area contributed by atoms with Crippen LogP contribution in [0.1, 0.15) is 38.1 Å². The van der Waals surface area contributed by atoms with Gasteiger partial charge in [-0.1, -0.05) is 44.5 Å². The summed E-state index contributed by atoms with van der Waals surface area (Å²) in [6.07, 6.45) is 0.971. The van der Waals surface area contributed by atoms with E-state index in [4.69, 9.17) is 16.3 Å². The summed E-state index contributed by atoms with van der Waals surface area (Å²) in [5.74, 6) is 2.15. The SMILES string of the molecule is CCc1cccc(Oc2cc(Cl)nc(C(C)C)n2)c1. The molecule has 0 aliphatic carbocycles. The van der Waals surface area contributed by atoms with Crippen LogP contribution in [0.3, 0.4) is 0 Å². The summed E-state index contributed by atoms with van der Waals surface area (Å²) in [6, 6.07) is 9.58. The summed E-state index contributed by atoms with van der Waals surface area (Å²) in [6.45, 7) is 6.15. The van der Waals surface area contributed by atoms with Crippen molar-refractivity contribution in [1.82, 2.24) is 9.97 Å². The molecule has 0 atom stereocenters. The lowest BCUT2D eigenvalue weighted by atomic mass is 10.2. The van der Waals surface area contributed by atoms with Gasteiger partial charge in [0.15, 0.2) is 0 Å². The first-order valence-corrected chi connectivity index (χ1v) is 6.77. The highest BCUT2D eigenvalue weighted by Gasteiger charge is 2.08. The molecule has 2 aromatic rings. The van der Waals surface area contributed by atoms with E-state index < -0.39 is 0 Å². The Balaban J connectivity index is 2.27. The Hall–Kier alpha value is -1.61. The van der Waals surface area contributed by atoms with E-state index in [0.29, 0.717) is 16.9 Å². The smallest absolute Gasteiger partial charge is 0.224 e. The molecule has 19 heavy (non-hydrogen) atoms. The van der Waals surface area contributed by atoms with Crippen LogP contribution in [0.2, 0.25) is 5.15 Å². The Labute approximate surface area is 118 Å². The number of aromatic nitrogens is 2. The van der Waals surface area contributed by atoms with E-state index in [9.17, 15) is 0 Å². The van der Waals surface area contributed by atoms with Gasteiger partial charge in [-0.25, -0.2) is 4.98 Å². The number of rotatable bonds is 4. The number of hydrogen-bond donors (Lipinski definition) is 0. The largest absolute Gasteiger partial charge is 0.439 e. The predicted molar refractivity (Wildman–Crippen MR) is 77.0 cm³/mol. The van der Waals surface area contributed by atoms with Crippen molar-refractivity contribution >= 4 is 11.6 Å². The highest BCUT2D eigenvalue weighted by molar-refractivity contribution is 6.29. The molecular weight excluding hydrogens is 260 g/mol. The summed E-state index contributed by atoms with van der Waals surface area (Å²) in [7, 11) is 0. The molecule has 3 nitrogen and oxygen atoms in total. The maximum absolute atomic E-state index is 5.99. The lowest BCUT2D eigenvalue weighted by Crippen LogP contribution is -1.99. The summed E-state index contributed by atoms with van der Waals surface area (Å²) in [5, 5.41) is 0.403. The van der Waals surface area contributed by atoms with Crippen molar-refractivity contribution in [2.75, 3.05) is 0 Å². The minimum absolute atomic E-state index is 0.211. The molecule has 0 amide bonds. The molecule has 100 valence electrons. The summed E-state index contributed by atoms with van der Waals surface area (Å²) < 4.78 is 5.76. The average molecular weight is 277 g/mol. The molecule has 0 fully saturated rings. The summed E-state index contributed by atoms with van der Waals surface area (Å²) >= 11 is 5.99. The third kappa shape index (κ3) is 3.67. The molecule has 0 N–H and O–H groups in total. The Morgan fingerprint density at radius 1 is 1.21 bits per heavy atom. The van der Waals surface area contributed by atoms with E-state index in [0.717, 1.165) is 12.2 Å². The lowest BCUT2D eigenvalue weighted by molar-refractivity contribution is 0.456. The van der Waals surface area contributed by atoms with Gasteiger partial charge in [0.2, 0.25) is 5.88 Å². The normalized spacial score (nSPS) is 10.8. The Kier molecular flexibility index (Phi) is 4.38. The molecule has 0 bridgehead atoms. The maximum atomic E-state index is 5.99. The van der Waals surface area contributed by atoms with Gasteiger partial charge in [-0.05, 0) is 24.1 Å². The Bertz CT molecular complexity index is 570. The van der Waals surface area contributed by atoms with Crippen molar-refractivity contribution in [2.24, 2.45) is 0 Å². The van der Waals surface area contributed by atoms with Crippen LogP contribution >= 0.6 is 11.6 Å². The first-order chi connectivity index (χ1) is 9.08. The second kappa shape index (κ2) is 6.02. The van der Waals surface area contributed by atoms with E-state index >= 15 is 0 Å². The third-order valence-corrected chi connectivity index (χ3v) is 2.93. The number of hydrogen-bond acceptors (Lipinski definition) is 3. The third-order valence-electron chi connectivity index (χ3n) is 2.73. The first-order valence-electron chi connectivity index (χ1n) is 6.39. The first kappa shape index (κ1) is 13.8. The van der Waals surface area contributed by atoms with Crippen molar-refractivity contribution < 1.29 is 4.74 Å². The topological polar surface area (TPSA) is 35.0 Å². The standard InChI is InChI=1S/C15H17ClN2O/c1-4-11-6-5-7-12(8-11)19-14-9-13(16)17-15(18-14)10(2)3/h5-10H,4H2,1-3H3. The fraction of sp³-hybridized carbons (Fsp3) is 0.333. The molecule has 1 heterocycles. The van der Waals surface area contributed by atoms with Crippen LogP contribution in [0.25, 0.3) is 0 Å². The molecule has 2 rings (SSSR count). The Morgan fingerprint density at radius 2 is 2.00 bits per heavy atom. The van der Waals surface area contributed by atoms with Gasteiger partial charge in [0, 0.05) is 12.0 Å². The average Bonchev–Trinajstić information content (AvgIpc) is 2.38. The minimum atomic E-state index is 0.211. The molecule has 1 aromatic heterocycles. The minimum Gasteiger partial charge on any atom is -0.439 e. The highest BCUT2D eigenvalue weighted by Crippen LogP contribution is 2.24. The van der Waals surface area contributed by atoms with Gasteiger partial charge in [-0.15, -0.1) is 0 Å². The predicted octanol–water partition coefficient (Wildman–Crippen LogP) is 4.61. The van der Waals surface area contributed by atoms with E-state index in [1.54, 1.807) is 6.07 Å². The molecule has 0 saturated heterocycles. The maximum Gasteiger partial charge on any atom is 0.224 e. The molecule has 1 aromatic carbocycles. The number of benzene rings is 1. The van der Waals surface area contributed by atoms with Crippen LogP contribution < -0.4 is 4.74 Å². The van der Waals surface area contributed by atoms with Crippen LogP contribution in [-0.2, 0) is 6.42 Å². The molecule has 0 spiro atoms. The zero-order valence-corrected chi connectivity index (χ0v) is 12.1. The van der Waals surface area contributed by atoms with Crippen LogP contribution in [0.15, 0.2) is 30.3 Å². The van der Waals surface area contributed by atoms with Crippen molar-refractivity contribution in [2.45, 2.75) is 33.1 Å². The van der Waals surface area contributed by atoms with Gasteiger partial charge < -0.3 is 4.74 Å². The van der Waals surface area contributed by atoms with E-state index in [-0.39, 0.29) is 5.92 Å². The van der Waals surface area contributed by atoms with Gasteiger partial charge in [0.1, 0.15) is 16.7 Å². The van der Waals surface area contributed by atoms with Crippen LogP contribution in [0, 0.1) is 0 Å². The molecule has 0 saturated carbocycles. The van der Waals surface area contributed by atoms with Gasteiger partial charge >= 0.3 is 0 Å². The molecule has 0 aliphatic heterocycles. The van der Waals surface area contributed by atoms with Crippen molar-refractivity contribution in [3.63, 3.8) is 0 Å². The zero-order valence-electron chi connectivity index (χ0n) is 11.4. The van der Waals surface area contributed by atoms with Crippen molar-refractivity contribution in [3.05, 3.63) is 46.9 Å². The molecule has 0 aliphatic rings.